The second-order valence-corrected chi connectivity index (χ2v) is 6.85. The predicted octanol–water partition coefficient (Wildman–Crippen LogP) is 4.07. The molecule has 28 heavy (non-hydrogen) atoms. The second-order valence-electron chi connectivity index (χ2n) is 6.01. The molecule has 3 heterocycles. The average Bonchev–Trinajstić information content (AvgIpc) is 3.34. The minimum atomic E-state index is -1.07. The van der Waals surface area contributed by atoms with E-state index in [0.717, 1.165) is 28.1 Å². The molecule has 3 aromatic heterocycles. The number of methoxy groups -OCH3 is 1. The molecule has 0 saturated carbocycles. The lowest BCUT2D eigenvalue weighted by Gasteiger charge is -2.06. The highest BCUT2D eigenvalue weighted by Gasteiger charge is 2.21. The molecule has 1 aromatic carbocycles. The van der Waals surface area contributed by atoms with Crippen molar-refractivity contribution >= 4 is 17.3 Å². The number of nitrogens with zero attached hydrogens (tertiary/aromatic N) is 4. The van der Waals surface area contributed by atoms with Crippen molar-refractivity contribution in [2.75, 3.05) is 7.11 Å². The number of carboxylic acid groups (broad SMARTS) is 1. The average molecular weight is 392 g/mol. The van der Waals surface area contributed by atoms with Gasteiger partial charge in [-0.25, -0.2) is 19.4 Å². The molecule has 0 amide bonds. The van der Waals surface area contributed by atoms with Gasteiger partial charge in [-0.3, -0.25) is 0 Å². The van der Waals surface area contributed by atoms with Crippen LogP contribution in [0.4, 0.5) is 0 Å². The van der Waals surface area contributed by atoms with Crippen molar-refractivity contribution in [2.45, 2.75) is 6.92 Å². The molecular formula is C20H16N4O3S. The SMILES string of the molecule is COc1ccc(-c2c(C)c(-c3ccccc3)nn2-c2nc(C(=O)O)cs2)cn1. The summed E-state index contributed by atoms with van der Waals surface area (Å²) in [5.41, 5.74) is 4.36. The first-order valence-electron chi connectivity index (χ1n) is 8.43. The van der Waals surface area contributed by atoms with Gasteiger partial charge in [0.05, 0.1) is 18.5 Å². The molecule has 0 fully saturated rings. The molecule has 0 aliphatic carbocycles. The Balaban J connectivity index is 1.93. The van der Waals surface area contributed by atoms with Crippen molar-refractivity contribution in [2.24, 2.45) is 0 Å². The quantitative estimate of drug-likeness (QED) is 0.551. The molecule has 7 nitrogen and oxygen atoms in total. The van der Waals surface area contributed by atoms with Gasteiger partial charge in [-0.2, -0.15) is 5.10 Å². The van der Waals surface area contributed by atoms with Crippen molar-refractivity contribution < 1.29 is 14.6 Å². The number of pyridine rings is 1. The fraction of sp³-hybridized carbons (Fsp3) is 0.100. The van der Waals surface area contributed by atoms with Gasteiger partial charge in [0, 0.05) is 34.3 Å². The predicted molar refractivity (Wildman–Crippen MR) is 106 cm³/mol. The monoisotopic (exact) mass is 392 g/mol. The maximum absolute atomic E-state index is 11.3. The van der Waals surface area contributed by atoms with Gasteiger partial charge >= 0.3 is 5.97 Å². The van der Waals surface area contributed by atoms with Gasteiger partial charge in [-0.1, -0.05) is 30.3 Å². The van der Waals surface area contributed by atoms with Crippen LogP contribution >= 0.6 is 11.3 Å². The summed E-state index contributed by atoms with van der Waals surface area (Å²) >= 11 is 1.23. The zero-order chi connectivity index (χ0) is 19.7. The third kappa shape index (κ3) is 3.14. The first kappa shape index (κ1) is 17.9. The molecule has 0 unspecified atom stereocenters. The molecule has 0 aliphatic rings. The van der Waals surface area contributed by atoms with Gasteiger partial charge in [-0.15, -0.1) is 11.3 Å². The molecule has 4 aromatic rings. The lowest BCUT2D eigenvalue weighted by Crippen LogP contribution is -2.02. The summed E-state index contributed by atoms with van der Waals surface area (Å²) < 4.78 is 6.82. The van der Waals surface area contributed by atoms with Crippen LogP contribution in [-0.4, -0.2) is 37.9 Å². The number of rotatable bonds is 5. The summed E-state index contributed by atoms with van der Waals surface area (Å²) in [5.74, 6) is -0.555. The minimum Gasteiger partial charge on any atom is -0.481 e. The number of aromatic nitrogens is 4. The van der Waals surface area contributed by atoms with Crippen LogP contribution in [0, 0.1) is 6.92 Å². The van der Waals surface area contributed by atoms with Crippen LogP contribution in [0.25, 0.3) is 27.6 Å². The molecule has 140 valence electrons. The summed E-state index contributed by atoms with van der Waals surface area (Å²) in [7, 11) is 1.56. The summed E-state index contributed by atoms with van der Waals surface area (Å²) in [6.07, 6.45) is 1.71. The largest absolute Gasteiger partial charge is 0.481 e. The summed E-state index contributed by atoms with van der Waals surface area (Å²) in [6.45, 7) is 1.98. The third-order valence-corrected chi connectivity index (χ3v) is 5.10. The molecule has 0 atom stereocenters. The highest BCUT2D eigenvalue weighted by Crippen LogP contribution is 2.34. The standard InChI is InChI=1S/C20H16N4O3S/c1-12-17(13-6-4-3-5-7-13)23-24(20-22-15(11-28-20)19(25)26)18(12)14-8-9-16(27-2)21-10-14/h3-11H,1-2H3,(H,25,26). The Bertz CT molecular complexity index is 1130. The Kier molecular flexibility index (Phi) is 4.62. The molecular weight excluding hydrogens is 376 g/mol. The van der Waals surface area contributed by atoms with E-state index in [1.807, 2.05) is 43.3 Å². The molecule has 4 rings (SSSR count). The Morgan fingerprint density at radius 2 is 1.93 bits per heavy atom. The van der Waals surface area contributed by atoms with Crippen LogP contribution in [0.15, 0.2) is 54.0 Å². The Labute approximate surface area is 164 Å². The summed E-state index contributed by atoms with van der Waals surface area (Å²) in [5, 5.41) is 16.0. The van der Waals surface area contributed by atoms with E-state index in [-0.39, 0.29) is 5.69 Å². The Morgan fingerprint density at radius 1 is 1.14 bits per heavy atom. The summed E-state index contributed by atoms with van der Waals surface area (Å²) in [4.78, 5) is 19.8. The van der Waals surface area contributed by atoms with Gasteiger partial charge < -0.3 is 9.84 Å². The highest BCUT2D eigenvalue weighted by molar-refractivity contribution is 7.12. The lowest BCUT2D eigenvalue weighted by atomic mass is 10.0. The fourth-order valence-electron chi connectivity index (χ4n) is 2.94. The van der Waals surface area contributed by atoms with E-state index in [9.17, 15) is 9.90 Å². The molecule has 0 aliphatic heterocycles. The summed E-state index contributed by atoms with van der Waals surface area (Å²) in [6, 6.07) is 13.5. The van der Waals surface area contributed by atoms with Crippen molar-refractivity contribution in [3.63, 3.8) is 0 Å². The number of ether oxygens (including phenoxy) is 1. The van der Waals surface area contributed by atoms with Gasteiger partial charge in [-0.05, 0) is 13.0 Å². The second kappa shape index (κ2) is 7.24. The smallest absolute Gasteiger partial charge is 0.355 e. The highest BCUT2D eigenvalue weighted by atomic mass is 32.1. The first-order chi connectivity index (χ1) is 13.6. The molecule has 8 heteroatoms. The molecule has 0 bridgehead atoms. The van der Waals surface area contributed by atoms with Crippen LogP contribution < -0.4 is 4.74 Å². The van der Waals surface area contributed by atoms with Crippen molar-refractivity contribution in [3.8, 4) is 33.5 Å². The zero-order valence-corrected chi connectivity index (χ0v) is 16.0. The molecule has 0 radical (unpaired) electrons. The van der Waals surface area contributed by atoms with E-state index >= 15 is 0 Å². The fourth-order valence-corrected chi connectivity index (χ4v) is 3.70. The Morgan fingerprint density at radius 3 is 2.54 bits per heavy atom. The van der Waals surface area contributed by atoms with Gasteiger partial charge in [0.25, 0.3) is 0 Å². The number of hydrogen-bond donors (Lipinski definition) is 1. The van der Waals surface area contributed by atoms with Crippen molar-refractivity contribution in [1.82, 2.24) is 19.7 Å². The van der Waals surface area contributed by atoms with Crippen LogP contribution in [0.5, 0.6) is 5.88 Å². The zero-order valence-electron chi connectivity index (χ0n) is 15.2. The van der Waals surface area contributed by atoms with Crippen molar-refractivity contribution in [1.29, 1.82) is 0 Å². The maximum Gasteiger partial charge on any atom is 0.355 e. The van der Waals surface area contributed by atoms with E-state index < -0.39 is 5.97 Å². The van der Waals surface area contributed by atoms with E-state index in [0.29, 0.717) is 11.0 Å². The minimum absolute atomic E-state index is 0.00628. The normalized spacial score (nSPS) is 10.8. The van der Waals surface area contributed by atoms with Crippen LogP contribution in [0.2, 0.25) is 0 Å². The van der Waals surface area contributed by atoms with Gasteiger partial charge in [0.15, 0.2) is 5.69 Å². The van der Waals surface area contributed by atoms with Crippen molar-refractivity contribution in [3.05, 3.63) is 65.3 Å². The number of aromatic carboxylic acids is 1. The third-order valence-electron chi connectivity index (χ3n) is 4.28. The van der Waals surface area contributed by atoms with E-state index in [1.54, 1.807) is 24.1 Å². The van der Waals surface area contributed by atoms with E-state index in [2.05, 4.69) is 9.97 Å². The molecule has 1 N–H and O–H groups in total. The lowest BCUT2D eigenvalue weighted by molar-refractivity contribution is 0.0691. The first-order valence-corrected chi connectivity index (χ1v) is 9.31. The van der Waals surface area contributed by atoms with Crippen LogP contribution in [-0.2, 0) is 0 Å². The topological polar surface area (TPSA) is 90.1 Å². The van der Waals surface area contributed by atoms with Gasteiger partial charge in [0.1, 0.15) is 0 Å². The Hall–Kier alpha value is -3.52. The van der Waals surface area contributed by atoms with Crippen LogP contribution in [0.3, 0.4) is 0 Å². The number of benzene rings is 1. The van der Waals surface area contributed by atoms with Gasteiger partial charge in [0.2, 0.25) is 11.0 Å². The maximum atomic E-state index is 11.3. The number of thiazole rings is 1. The van der Waals surface area contributed by atoms with E-state index in [4.69, 9.17) is 9.84 Å². The molecule has 0 saturated heterocycles. The number of carbonyl (C=O) groups is 1. The van der Waals surface area contributed by atoms with E-state index in [1.165, 1.54) is 16.7 Å². The molecule has 0 spiro atoms. The number of hydrogen-bond acceptors (Lipinski definition) is 6. The van der Waals surface area contributed by atoms with Crippen LogP contribution in [0.1, 0.15) is 16.1 Å². The number of carboxylic acids is 1.